The van der Waals surface area contributed by atoms with Gasteiger partial charge in [0.1, 0.15) is 6.73 Å². The zero-order valence-corrected chi connectivity index (χ0v) is 26.2. The van der Waals surface area contributed by atoms with Crippen LogP contribution < -0.4 is 10.6 Å². The van der Waals surface area contributed by atoms with Crippen molar-refractivity contribution in [2.45, 2.75) is 148 Å². The van der Waals surface area contributed by atoms with E-state index in [-0.39, 0.29) is 6.73 Å². The highest BCUT2D eigenvalue weighted by Gasteiger charge is 2.09. The summed E-state index contributed by atoms with van der Waals surface area (Å²) in [6, 6.07) is 0. The topological polar surface area (TPSA) is 100 Å². The molecule has 0 rings (SSSR count). The van der Waals surface area contributed by atoms with Crippen molar-refractivity contribution in [2.24, 2.45) is 5.92 Å². The highest BCUT2D eigenvalue weighted by molar-refractivity contribution is 7.99. The lowest BCUT2D eigenvalue weighted by Crippen LogP contribution is -2.18. The fourth-order valence-corrected chi connectivity index (χ4v) is 5.94. The quantitative estimate of drug-likeness (QED) is 0.0262. The number of rotatable bonds is 34. The van der Waals surface area contributed by atoms with Crippen LogP contribution in [-0.4, -0.2) is 54.2 Å². The third kappa shape index (κ3) is 33.7. The zero-order chi connectivity index (χ0) is 28.5. The van der Waals surface area contributed by atoms with Gasteiger partial charge in [-0.2, -0.15) is 16.6 Å². The van der Waals surface area contributed by atoms with Crippen LogP contribution in [0.2, 0.25) is 0 Å². The number of aliphatic carboxylic acids is 1. The first kappa shape index (κ1) is 38.6. The van der Waals surface area contributed by atoms with Crippen LogP contribution in [0.5, 0.6) is 0 Å². The van der Waals surface area contributed by atoms with Crippen LogP contribution in [0.15, 0.2) is 0 Å². The third-order valence-electron chi connectivity index (χ3n) is 7.39. The van der Waals surface area contributed by atoms with E-state index in [1.807, 2.05) is 0 Å². The first-order valence-electron chi connectivity index (χ1n) is 16.3. The fourth-order valence-electron chi connectivity index (χ4n) is 5.10. The van der Waals surface area contributed by atoms with Crippen molar-refractivity contribution < 1.29 is 25.1 Å². The maximum Gasteiger partial charge on any atom is 0.303 e. The van der Waals surface area contributed by atoms with Crippen LogP contribution in [0.3, 0.4) is 0 Å². The lowest BCUT2D eigenvalue weighted by atomic mass is 9.90. The standard InChI is InChI=1S/C31H64N2O5S/c1-2-27-39-28-19-26-32-25-18-22-30(21-15-11-8-9-13-17-24-33-29-37-38-36)20-14-10-6-4-3-5-7-12-16-23-31(34)35/h30,32-33,36H,2-29H2,1H3,(H,34,35). The SMILES string of the molecule is CCCSCCCNCCCC(CCCCCCCCCCCC(=O)O)CCCCCCCCNCOOO. The molecule has 0 aromatic carbocycles. The van der Waals surface area contributed by atoms with Gasteiger partial charge < -0.3 is 10.4 Å². The van der Waals surface area contributed by atoms with E-state index < -0.39 is 5.97 Å². The molecule has 234 valence electrons. The van der Waals surface area contributed by atoms with Gasteiger partial charge in [-0.15, -0.1) is 0 Å². The molecule has 0 saturated heterocycles. The third-order valence-corrected chi connectivity index (χ3v) is 8.66. The van der Waals surface area contributed by atoms with Crippen molar-refractivity contribution in [3.05, 3.63) is 0 Å². The van der Waals surface area contributed by atoms with Crippen LogP contribution >= 0.6 is 11.8 Å². The van der Waals surface area contributed by atoms with Gasteiger partial charge in [-0.3, -0.25) is 10.1 Å². The fraction of sp³-hybridized carbons (Fsp3) is 0.968. The van der Waals surface area contributed by atoms with Crippen molar-refractivity contribution >= 4 is 17.7 Å². The van der Waals surface area contributed by atoms with Crippen LogP contribution in [0.25, 0.3) is 0 Å². The smallest absolute Gasteiger partial charge is 0.303 e. The van der Waals surface area contributed by atoms with Crippen LogP contribution in [0.1, 0.15) is 148 Å². The summed E-state index contributed by atoms with van der Waals surface area (Å²) in [4.78, 5) is 14.9. The van der Waals surface area contributed by atoms with Gasteiger partial charge in [0, 0.05) is 6.42 Å². The number of carboxylic acid groups (broad SMARTS) is 1. The lowest BCUT2D eigenvalue weighted by molar-refractivity contribution is -0.492. The summed E-state index contributed by atoms with van der Waals surface area (Å²) in [6.07, 6.45) is 27.2. The Morgan fingerprint density at radius 1 is 0.667 bits per heavy atom. The molecule has 0 radical (unpaired) electrons. The van der Waals surface area contributed by atoms with Crippen LogP contribution in [-0.2, 0) is 14.7 Å². The van der Waals surface area contributed by atoms with Crippen molar-refractivity contribution in [3.63, 3.8) is 0 Å². The van der Waals surface area contributed by atoms with Gasteiger partial charge in [0.25, 0.3) is 0 Å². The van der Waals surface area contributed by atoms with Gasteiger partial charge in [-0.25, -0.2) is 5.26 Å². The minimum atomic E-state index is -0.663. The summed E-state index contributed by atoms with van der Waals surface area (Å²) in [5, 5.41) is 27.1. The molecule has 0 fully saturated rings. The first-order chi connectivity index (χ1) is 19.2. The van der Waals surface area contributed by atoms with E-state index in [1.165, 1.54) is 140 Å². The zero-order valence-electron chi connectivity index (χ0n) is 25.4. The van der Waals surface area contributed by atoms with Crippen LogP contribution in [0, 0.1) is 5.92 Å². The molecule has 0 spiro atoms. The average molecular weight is 577 g/mol. The highest BCUT2D eigenvalue weighted by atomic mass is 32.2. The number of hydrogen-bond donors (Lipinski definition) is 4. The van der Waals surface area contributed by atoms with Crippen molar-refractivity contribution in [1.82, 2.24) is 10.6 Å². The minimum Gasteiger partial charge on any atom is -0.481 e. The molecule has 0 aliphatic heterocycles. The molecule has 0 aromatic heterocycles. The number of carboxylic acids is 1. The highest BCUT2D eigenvalue weighted by Crippen LogP contribution is 2.23. The van der Waals surface area contributed by atoms with E-state index >= 15 is 0 Å². The Morgan fingerprint density at radius 2 is 1.18 bits per heavy atom. The number of nitrogens with one attached hydrogen (secondary N) is 2. The van der Waals surface area contributed by atoms with Gasteiger partial charge in [-0.05, 0) is 75.6 Å². The van der Waals surface area contributed by atoms with Crippen molar-refractivity contribution in [2.75, 3.05) is 37.9 Å². The second-order valence-electron chi connectivity index (χ2n) is 11.1. The summed E-state index contributed by atoms with van der Waals surface area (Å²) in [5.74, 6) is 2.81. The van der Waals surface area contributed by atoms with Gasteiger partial charge >= 0.3 is 5.97 Å². The van der Waals surface area contributed by atoms with Crippen molar-refractivity contribution in [1.29, 1.82) is 0 Å². The number of thioether (sulfide) groups is 1. The van der Waals surface area contributed by atoms with E-state index in [9.17, 15) is 4.79 Å². The number of hydrogen-bond acceptors (Lipinski definition) is 7. The molecule has 0 bridgehead atoms. The molecular formula is C31H64N2O5S. The lowest BCUT2D eigenvalue weighted by Gasteiger charge is -2.17. The Hall–Kier alpha value is -0.380. The van der Waals surface area contributed by atoms with E-state index in [1.54, 1.807) is 0 Å². The average Bonchev–Trinajstić information content (AvgIpc) is 2.93. The Bertz CT molecular complexity index is 488. The normalized spacial score (nSPS) is 12.3. The molecule has 0 aliphatic carbocycles. The Balaban J connectivity index is 3.88. The van der Waals surface area contributed by atoms with Gasteiger partial charge in [-0.1, -0.05) is 108 Å². The molecule has 0 aromatic rings. The second kappa shape index (κ2) is 33.8. The predicted molar refractivity (Wildman–Crippen MR) is 166 cm³/mol. The molecule has 8 heteroatoms. The maximum atomic E-state index is 10.6. The Labute approximate surface area is 245 Å². The molecule has 0 aliphatic rings. The maximum absolute atomic E-state index is 10.6. The van der Waals surface area contributed by atoms with Gasteiger partial charge in [0.15, 0.2) is 0 Å². The molecule has 4 N–H and O–H groups in total. The molecule has 7 nitrogen and oxygen atoms in total. The molecule has 1 atom stereocenters. The second-order valence-corrected chi connectivity index (χ2v) is 12.3. The molecule has 39 heavy (non-hydrogen) atoms. The number of carbonyl (C=O) groups is 1. The Morgan fingerprint density at radius 3 is 1.77 bits per heavy atom. The monoisotopic (exact) mass is 576 g/mol. The molecular weight excluding hydrogens is 512 g/mol. The van der Waals surface area contributed by atoms with E-state index in [4.69, 9.17) is 10.4 Å². The number of unbranched alkanes of at least 4 members (excludes halogenated alkanes) is 13. The van der Waals surface area contributed by atoms with Crippen LogP contribution in [0.4, 0.5) is 0 Å². The summed E-state index contributed by atoms with van der Waals surface area (Å²) in [5.41, 5.74) is 0. The summed E-state index contributed by atoms with van der Waals surface area (Å²) in [7, 11) is 0. The molecule has 0 saturated carbocycles. The minimum absolute atomic E-state index is 0.224. The summed E-state index contributed by atoms with van der Waals surface area (Å²) in [6.45, 7) is 5.71. The van der Waals surface area contributed by atoms with Gasteiger partial charge in [0.2, 0.25) is 0 Å². The largest absolute Gasteiger partial charge is 0.481 e. The van der Waals surface area contributed by atoms with E-state index in [0.29, 0.717) is 6.42 Å². The Kier molecular flexibility index (Phi) is 33.5. The van der Waals surface area contributed by atoms with E-state index in [2.05, 4.69) is 39.2 Å². The summed E-state index contributed by atoms with van der Waals surface area (Å²) >= 11 is 2.08. The predicted octanol–water partition coefficient (Wildman–Crippen LogP) is 8.58. The first-order valence-corrected chi connectivity index (χ1v) is 17.5. The summed E-state index contributed by atoms with van der Waals surface area (Å²) < 4.78 is 0. The van der Waals surface area contributed by atoms with Gasteiger partial charge in [0.05, 0.1) is 0 Å². The molecule has 0 heterocycles. The van der Waals surface area contributed by atoms with E-state index in [0.717, 1.165) is 31.7 Å². The molecule has 1 unspecified atom stereocenters. The van der Waals surface area contributed by atoms with Crippen molar-refractivity contribution in [3.8, 4) is 0 Å². The molecule has 0 amide bonds.